The van der Waals surface area contributed by atoms with Gasteiger partial charge in [-0.25, -0.2) is 4.79 Å². The van der Waals surface area contributed by atoms with Crippen molar-refractivity contribution in [1.29, 1.82) is 0 Å². The van der Waals surface area contributed by atoms with Gasteiger partial charge < -0.3 is 15.4 Å². The summed E-state index contributed by atoms with van der Waals surface area (Å²) in [5.41, 5.74) is 4.14. The van der Waals surface area contributed by atoms with Crippen LogP contribution in [-0.2, 0) is 27.2 Å². The number of hydrogen-bond acceptors (Lipinski definition) is 4. The van der Waals surface area contributed by atoms with Gasteiger partial charge in [-0.1, -0.05) is 37.3 Å². The molecule has 0 bridgehead atoms. The Labute approximate surface area is 170 Å². The number of para-hydroxylation sites is 1. The van der Waals surface area contributed by atoms with Crippen molar-refractivity contribution in [2.24, 2.45) is 0 Å². The number of aryl methyl sites for hydroxylation is 2. The monoisotopic (exact) mass is 394 g/mol. The predicted octanol–water partition coefficient (Wildman–Crippen LogP) is 3.56. The van der Waals surface area contributed by atoms with E-state index < -0.39 is 17.8 Å². The number of carbonyl (C=O) groups excluding carboxylic acids is 3. The normalized spacial score (nSPS) is 13.7. The van der Waals surface area contributed by atoms with Crippen LogP contribution in [0.3, 0.4) is 0 Å². The molecule has 0 aliphatic heterocycles. The van der Waals surface area contributed by atoms with Crippen LogP contribution in [0, 0.1) is 0 Å². The molecule has 0 spiro atoms. The largest absolute Gasteiger partial charge is 0.465 e. The zero-order valence-corrected chi connectivity index (χ0v) is 16.8. The lowest BCUT2D eigenvalue weighted by Crippen LogP contribution is -2.38. The summed E-state index contributed by atoms with van der Waals surface area (Å²) in [5, 5.41) is 5.31. The van der Waals surface area contributed by atoms with Crippen LogP contribution in [0.25, 0.3) is 0 Å². The van der Waals surface area contributed by atoms with Crippen LogP contribution in [0.4, 0.5) is 5.69 Å². The number of methoxy groups -OCH3 is 1. The van der Waals surface area contributed by atoms with Crippen LogP contribution < -0.4 is 10.6 Å². The number of anilines is 1. The quantitative estimate of drug-likeness (QED) is 0.600. The van der Waals surface area contributed by atoms with Crippen LogP contribution in [0.15, 0.2) is 42.5 Å². The van der Waals surface area contributed by atoms with Crippen molar-refractivity contribution in [3.05, 3.63) is 64.7 Å². The number of ether oxygens (including phenoxy) is 1. The maximum Gasteiger partial charge on any atom is 0.339 e. The minimum Gasteiger partial charge on any atom is -0.465 e. The number of esters is 1. The molecule has 152 valence electrons. The van der Waals surface area contributed by atoms with Crippen molar-refractivity contribution in [3.8, 4) is 0 Å². The number of amides is 2. The lowest BCUT2D eigenvalue weighted by atomic mass is 9.89. The van der Waals surface area contributed by atoms with E-state index in [0.717, 1.165) is 18.4 Å². The SMILES string of the molecule is CCC(NC(=O)C(=O)Nc1ccccc1C(=O)OC)c1ccc2c(c1)CCCC2. The van der Waals surface area contributed by atoms with Crippen LogP contribution in [0.5, 0.6) is 0 Å². The highest BCUT2D eigenvalue weighted by Gasteiger charge is 2.22. The lowest BCUT2D eigenvalue weighted by molar-refractivity contribution is -0.136. The highest BCUT2D eigenvalue weighted by Crippen LogP contribution is 2.26. The van der Waals surface area contributed by atoms with E-state index in [1.165, 1.54) is 37.1 Å². The van der Waals surface area contributed by atoms with E-state index in [4.69, 9.17) is 4.74 Å². The summed E-state index contributed by atoms with van der Waals surface area (Å²) >= 11 is 0. The highest BCUT2D eigenvalue weighted by molar-refractivity contribution is 6.40. The third kappa shape index (κ3) is 4.83. The maximum atomic E-state index is 12.5. The van der Waals surface area contributed by atoms with Gasteiger partial charge in [0.15, 0.2) is 0 Å². The van der Waals surface area contributed by atoms with Crippen molar-refractivity contribution >= 4 is 23.5 Å². The zero-order valence-electron chi connectivity index (χ0n) is 16.8. The summed E-state index contributed by atoms with van der Waals surface area (Å²) < 4.78 is 4.71. The Morgan fingerprint density at radius 3 is 2.45 bits per heavy atom. The molecule has 6 nitrogen and oxygen atoms in total. The summed E-state index contributed by atoms with van der Waals surface area (Å²) in [5.74, 6) is -2.14. The van der Waals surface area contributed by atoms with Crippen molar-refractivity contribution in [2.45, 2.75) is 45.1 Å². The van der Waals surface area contributed by atoms with E-state index in [1.54, 1.807) is 18.2 Å². The summed E-state index contributed by atoms with van der Waals surface area (Å²) in [7, 11) is 1.26. The molecule has 1 atom stereocenters. The van der Waals surface area contributed by atoms with Gasteiger partial charge in [-0.2, -0.15) is 0 Å². The molecular weight excluding hydrogens is 368 g/mol. The number of benzene rings is 2. The Morgan fingerprint density at radius 2 is 1.72 bits per heavy atom. The van der Waals surface area contributed by atoms with Crippen molar-refractivity contribution in [3.63, 3.8) is 0 Å². The molecule has 1 unspecified atom stereocenters. The number of carbonyl (C=O) groups is 3. The van der Waals surface area contributed by atoms with E-state index in [2.05, 4.69) is 22.8 Å². The number of rotatable bonds is 5. The molecule has 2 amide bonds. The lowest BCUT2D eigenvalue weighted by Gasteiger charge is -2.21. The van der Waals surface area contributed by atoms with Crippen molar-refractivity contribution < 1.29 is 19.1 Å². The Morgan fingerprint density at radius 1 is 1.00 bits per heavy atom. The van der Waals surface area contributed by atoms with Crippen molar-refractivity contribution in [2.75, 3.05) is 12.4 Å². The minimum absolute atomic E-state index is 0.192. The summed E-state index contributed by atoms with van der Waals surface area (Å²) in [6, 6.07) is 12.5. The van der Waals surface area contributed by atoms with Crippen LogP contribution in [-0.4, -0.2) is 24.9 Å². The van der Waals surface area contributed by atoms with E-state index in [-0.39, 0.29) is 17.3 Å². The Bertz CT molecular complexity index is 923. The first kappa shape index (κ1) is 20.6. The fraction of sp³-hybridized carbons (Fsp3) is 0.348. The molecule has 0 radical (unpaired) electrons. The second kappa shape index (κ2) is 9.37. The predicted molar refractivity (Wildman–Crippen MR) is 111 cm³/mol. The molecule has 29 heavy (non-hydrogen) atoms. The molecule has 0 heterocycles. The third-order valence-electron chi connectivity index (χ3n) is 5.28. The van der Waals surface area contributed by atoms with Crippen LogP contribution in [0.2, 0.25) is 0 Å². The smallest absolute Gasteiger partial charge is 0.339 e. The highest BCUT2D eigenvalue weighted by atomic mass is 16.5. The number of hydrogen-bond donors (Lipinski definition) is 2. The van der Waals surface area contributed by atoms with Crippen LogP contribution in [0.1, 0.15) is 59.3 Å². The second-order valence-corrected chi connectivity index (χ2v) is 7.16. The fourth-order valence-corrected chi connectivity index (χ4v) is 3.67. The molecule has 0 fully saturated rings. The minimum atomic E-state index is -0.822. The Kier molecular flexibility index (Phi) is 6.65. The van der Waals surface area contributed by atoms with Crippen LogP contribution >= 0.6 is 0 Å². The van der Waals surface area contributed by atoms with Gasteiger partial charge in [-0.3, -0.25) is 9.59 Å². The first-order chi connectivity index (χ1) is 14.0. The standard InChI is InChI=1S/C23H26N2O4/c1-3-19(17-13-12-15-8-4-5-9-16(15)14-17)24-21(26)22(27)25-20-11-7-6-10-18(20)23(28)29-2/h6-7,10-14,19H,3-5,8-9H2,1-2H3,(H,24,26)(H,25,27). The Balaban J connectivity index is 1.70. The zero-order chi connectivity index (χ0) is 20.8. The van der Waals surface area contributed by atoms with Gasteiger partial charge in [0, 0.05) is 0 Å². The van der Waals surface area contributed by atoms with Gasteiger partial charge in [0.05, 0.1) is 24.4 Å². The molecule has 0 saturated carbocycles. The molecule has 2 aromatic rings. The van der Waals surface area contributed by atoms with E-state index in [1.807, 2.05) is 13.0 Å². The Hall–Kier alpha value is -3.15. The van der Waals surface area contributed by atoms with Gasteiger partial charge in [-0.15, -0.1) is 0 Å². The van der Waals surface area contributed by atoms with Crippen molar-refractivity contribution in [1.82, 2.24) is 5.32 Å². The van der Waals surface area contributed by atoms with Gasteiger partial charge in [0.1, 0.15) is 0 Å². The summed E-state index contributed by atoms with van der Waals surface area (Å²) in [6.45, 7) is 1.97. The first-order valence-electron chi connectivity index (χ1n) is 9.94. The molecule has 1 aliphatic rings. The first-order valence-corrected chi connectivity index (χ1v) is 9.94. The molecule has 6 heteroatoms. The molecule has 2 N–H and O–H groups in total. The average Bonchev–Trinajstić information content (AvgIpc) is 2.76. The summed E-state index contributed by atoms with van der Waals surface area (Å²) in [4.78, 5) is 36.7. The van der Waals surface area contributed by atoms with E-state index >= 15 is 0 Å². The molecule has 2 aromatic carbocycles. The molecule has 0 saturated heterocycles. The van der Waals surface area contributed by atoms with Gasteiger partial charge in [0.2, 0.25) is 0 Å². The molecule has 3 rings (SSSR count). The van der Waals surface area contributed by atoms with Gasteiger partial charge >= 0.3 is 17.8 Å². The maximum absolute atomic E-state index is 12.5. The summed E-state index contributed by atoms with van der Waals surface area (Å²) in [6.07, 6.45) is 5.21. The fourth-order valence-electron chi connectivity index (χ4n) is 3.67. The average molecular weight is 394 g/mol. The van der Waals surface area contributed by atoms with E-state index in [0.29, 0.717) is 6.42 Å². The molecule has 1 aliphatic carbocycles. The third-order valence-corrected chi connectivity index (χ3v) is 5.28. The number of nitrogens with one attached hydrogen (secondary N) is 2. The van der Waals surface area contributed by atoms with Gasteiger partial charge in [0.25, 0.3) is 0 Å². The van der Waals surface area contributed by atoms with Gasteiger partial charge in [-0.05, 0) is 60.9 Å². The molecule has 0 aromatic heterocycles. The second-order valence-electron chi connectivity index (χ2n) is 7.16. The number of fused-ring (bicyclic) bond motifs is 1. The van der Waals surface area contributed by atoms with E-state index in [9.17, 15) is 14.4 Å². The topological polar surface area (TPSA) is 84.5 Å². The molecular formula is C23H26N2O4.